The van der Waals surface area contributed by atoms with Crippen LogP contribution in [0.1, 0.15) is 0 Å². The summed E-state index contributed by atoms with van der Waals surface area (Å²) in [4.78, 5) is 0. The molecular formula is C18H16Si. The zero-order valence-corrected chi connectivity index (χ0v) is 13.0. The molecule has 0 atom stereocenters. The lowest BCUT2D eigenvalue weighted by Gasteiger charge is -2.13. The highest BCUT2D eigenvalue weighted by molar-refractivity contribution is 6.37. The highest BCUT2D eigenvalue weighted by Crippen LogP contribution is 2.29. The van der Waals surface area contributed by atoms with Crippen molar-refractivity contribution < 1.29 is 0 Å². The standard InChI is InChI=1S/C18H16Si/c19-17-13-7-12-16(14-8-3-1-4-9-14)18(17)15-10-5-2-6-11-15/h1-13H,19H3. The fraction of sp³-hybridized carbons (Fsp3) is 0. The van der Waals surface area contributed by atoms with Crippen LogP contribution in [0, 0.1) is 0 Å². The molecule has 0 aromatic heterocycles. The molecule has 0 aliphatic carbocycles. The zero-order chi connectivity index (χ0) is 13.1. The largest absolute Gasteiger partial charge is 0.0634 e. The second-order valence-electron chi connectivity index (χ2n) is 4.73. The molecule has 0 amide bonds. The summed E-state index contributed by atoms with van der Waals surface area (Å²) in [6.07, 6.45) is 0. The van der Waals surface area contributed by atoms with Crippen molar-refractivity contribution in [3.05, 3.63) is 78.9 Å². The molecular weight excluding hydrogens is 244 g/mol. The number of benzene rings is 3. The lowest BCUT2D eigenvalue weighted by atomic mass is 9.94. The van der Waals surface area contributed by atoms with Gasteiger partial charge in [-0.25, -0.2) is 0 Å². The number of rotatable bonds is 2. The lowest BCUT2D eigenvalue weighted by molar-refractivity contribution is 1.60. The Morgan fingerprint density at radius 2 is 1.11 bits per heavy atom. The topological polar surface area (TPSA) is 0 Å². The minimum absolute atomic E-state index is 1.06. The van der Waals surface area contributed by atoms with Crippen molar-refractivity contribution in [2.45, 2.75) is 0 Å². The fourth-order valence-electron chi connectivity index (χ4n) is 2.51. The maximum absolute atomic E-state index is 2.24. The van der Waals surface area contributed by atoms with E-state index in [-0.39, 0.29) is 0 Å². The number of hydrogen-bond donors (Lipinski definition) is 0. The molecule has 19 heavy (non-hydrogen) atoms. The second-order valence-corrected chi connectivity index (χ2v) is 5.81. The number of hydrogen-bond acceptors (Lipinski definition) is 0. The van der Waals surface area contributed by atoms with Crippen molar-refractivity contribution in [1.82, 2.24) is 0 Å². The molecule has 1 heteroatoms. The third-order valence-corrected chi connectivity index (χ3v) is 4.25. The Labute approximate surface area is 117 Å². The molecule has 0 heterocycles. The Morgan fingerprint density at radius 1 is 0.526 bits per heavy atom. The highest BCUT2D eigenvalue weighted by Gasteiger charge is 2.08. The Hall–Kier alpha value is -2.12. The Bertz CT molecular complexity index is 673. The highest BCUT2D eigenvalue weighted by atomic mass is 28.1. The van der Waals surface area contributed by atoms with Crippen LogP contribution in [0.4, 0.5) is 0 Å². The van der Waals surface area contributed by atoms with E-state index < -0.39 is 0 Å². The molecule has 0 aliphatic rings. The van der Waals surface area contributed by atoms with E-state index in [1.54, 1.807) is 0 Å². The Balaban J connectivity index is 2.25. The molecule has 3 aromatic carbocycles. The van der Waals surface area contributed by atoms with Gasteiger partial charge < -0.3 is 0 Å². The summed E-state index contributed by atoms with van der Waals surface area (Å²) in [5, 5.41) is 1.45. The van der Waals surface area contributed by atoms with Crippen LogP contribution in [0.25, 0.3) is 22.3 Å². The molecule has 0 unspecified atom stereocenters. The third kappa shape index (κ3) is 2.38. The first kappa shape index (κ1) is 11.9. The second kappa shape index (κ2) is 5.25. The van der Waals surface area contributed by atoms with Crippen molar-refractivity contribution in [1.29, 1.82) is 0 Å². The molecule has 0 saturated carbocycles. The van der Waals surface area contributed by atoms with Gasteiger partial charge in [-0.1, -0.05) is 84.0 Å². The van der Waals surface area contributed by atoms with E-state index in [4.69, 9.17) is 0 Å². The van der Waals surface area contributed by atoms with Gasteiger partial charge in [0.25, 0.3) is 0 Å². The van der Waals surface area contributed by atoms with E-state index in [9.17, 15) is 0 Å². The van der Waals surface area contributed by atoms with Gasteiger partial charge in [0.15, 0.2) is 0 Å². The molecule has 0 fully saturated rings. The van der Waals surface area contributed by atoms with Gasteiger partial charge in [-0.15, -0.1) is 0 Å². The minimum atomic E-state index is 1.06. The Morgan fingerprint density at radius 3 is 1.74 bits per heavy atom. The van der Waals surface area contributed by atoms with E-state index >= 15 is 0 Å². The quantitative estimate of drug-likeness (QED) is 0.621. The van der Waals surface area contributed by atoms with Gasteiger partial charge in [-0.2, -0.15) is 0 Å². The normalized spacial score (nSPS) is 10.5. The van der Waals surface area contributed by atoms with Crippen LogP contribution in [-0.2, 0) is 0 Å². The van der Waals surface area contributed by atoms with Gasteiger partial charge in [0.2, 0.25) is 0 Å². The third-order valence-electron chi connectivity index (χ3n) is 3.42. The summed E-state index contributed by atoms with van der Waals surface area (Å²) in [6, 6.07) is 27.9. The SMILES string of the molecule is [SiH3]c1cccc(-c2ccccc2)c1-c1ccccc1. The summed E-state index contributed by atoms with van der Waals surface area (Å²) in [7, 11) is 1.06. The van der Waals surface area contributed by atoms with Gasteiger partial charge in [0.05, 0.1) is 0 Å². The van der Waals surface area contributed by atoms with E-state index in [0.29, 0.717) is 0 Å². The smallest absolute Gasteiger partial charge is 0.0393 e. The van der Waals surface area contributed by atoms with Crippen LogP contribution < -0.4 is 5.19 Å². The average Bonchev–Trinajstić information content (AvgIpc) is 2.49. The van der Waals surface area contributed by atoms with Gasteiger partial charge in [0.1, 0.15) is 0 Å². The van der Waals surface area contributed by atoms with Crippen LogP contribution in [-0.4, -0.2) is 10.2 Å². The minimum Gasteiger partial charge on any atom is -0.0634 e. The maximum atomic E-state index is 2.24. The molecule has 0 aliphatic heterocycles. The molecule has 3 rings (SSSR count). The zero-order valence-electron chi connectivity index (χ0n) is 11.0. The molecule has 0 bridgehead atoms. The van der Waals surface area contributed by atoms with Crippen molar-refractivity contribution in [3.8, 4) is 22.3 Å². The van der Waals surface area contributed by atoms with E-state index in [1.807, 2.05) is 0 Å². The predicted molar refractivity (Wildman–Crippen MR) is 86.9 cm³/mol. The van der Waals surface area contributed by atoms with Crippen LogP contribution in [0.15, 0.2) is 78.9 Å². The summed E-state index contributed by atoms with van der Waals surface area (Å²) < 4.78 is 0. The van der Waals surface area contributed by atoms with E-state index in [0.717, 1.165) is 10.2 Å². The Kier molecular flexibility index (Phi) is 3.30. The van der Waals surface area contributed by atoms with Gasteiger partial charge in [-0.05, 0) is 22.3 Å². The van der Waals surface area contributed by atoms with E-state index in [2.05, 4.69) is 78.9 Å². The van der Waals surface area contributed by atoms with Gasteiger partial charge in [0, 0.05) is 10.2 Å². The average molecular weight is 260 g/mol. The maximum Gasteiger partial charge on any atom is 0.0393 e. The first-order valence-corrected chi connectivity index (χ1v) is 7.57. The van der Waals surface area contributed by atoms with Crippen LogP contribution in [0.2, 0.25) is 0 Å². The molecule has 0 saturated heterocycles. The predicted octanol–water partition coefficient (Wildman–Crippen LogP) is 3.01. The first-order chi connectivity index (χ1) is 9.36. The molecule has 0 nitrogen and oxygen atoms in total. The molecule has 3 aromatic rings. The summed E-state index contributed by atoms with van der Waals surface area (Å²) >= 11 is 0. The molecule has 0 spiro atoms. The van der Waals surface area contributed by atoms with Crippen LogP contribution in [0.5, 0.6) is 0 Å². The first-order valence-electron chi connectivity index (χ1n) is 6.57. The molecule has 0 radical (unpaired) electrons. The van der Waals surface area contributed by atoms with Gasteiger partial charge >= 0.3 is 0 Å². The van der Waals surface area contributed by atoms with Crippen LogP contribution >= 0.6 is 0 Å². The van der Waals surface area contributed by atoms with Gasteiger partial charge in [-0.3, -0.25) is 0 Å². The van der Waals surface area contributed by atoms with Crippen molar-refractivity contribution in [2.24, 2.45) is 0 Å². The van der Waals surface area contributed by atoms with Crippen molar-refractivity contribution >= 4 is 15.4 Å². The van der Waals surface area contributed by atoms with E-state index in [1.165, 1.54) is 27.4 Å². The fourth-order valence-corrected chi connectivity index (χ4v) is 3.26. The monoisotopic (exact) mass is 260 g/mol. The van der Waals surface area contributed by atoms with Crippen LogP contribution in [0.3, 0.4) is 0 Å². The molecule has 92 valence electrons. The summed E-state index contributed by atoms with van der Waals surface area (Å²) in [6.45, 7) is 0. The van der Waals surface area contributed by atoms with Crippen molar-refractivity contribution in [2.75, 3.05) is 0 Å². The van der Waals surface area contributed by atoms with Crippen molar-refractivity contribution in [3.63, 3.8) is 0 Å². The summed E-state index contributed by atoms with van der Waals surface area (Å²) in [5.74, 6) is 0. The molecule has 0 N–H and O–H groups in total. The lowest BCUT2D eigenvalue weighted by Crippen LogP contribution is -2.07. The summed E-state index contributed by atoms with van der Waals surface area (Å²) in [5.41, 5.74) is 5.33.